The minimum Gasteiger partial charge on any atom is -0.382 e. The summed E-state index contributed by atoms with van der Waals surface area (Å²) in [4.78, 5) is 9.87. The summed E-state index contributed by atoms with van der Waals surface area (Å²) >= 11 is 1.74. The molecule has 0 saturated heterocycles. The quantitative estimate of drug-likeness (QED) is 0.765. The van der Waals surface area contributed by atoms with Crippen LogP contribution < -0.4 is 11.5 Å². The van der Waals surface area contributed by atoms with E-state index in [-0.39, 0.29) is 11.4 Å². The summed E-state index contributed by atoms with van der Waals surface area (Å²) in [5.41, 5.74) is 14.2. The van der Waals surface area contributed by atoms with Crippen LogP contribution in [-0.4, -0.2) is 9.97 Å². The molecule has 1 aliphatic rings. The Bertz CT molecular complexity index is 629. The van der Waals surface area contributed by atoms with E-state index in [1.54, 1.807) is 11.3 Å². The highest BCUT2D eigenvalue weighted by molar-refractivity contribution is 7.20. The molecular formula is C13H18N4S. The van der Waals surface area contributed by atoms with Crippen LogP contribution in [0.4, 0.5) is 11.8 Å². The summed E-state index contributed by atoms with van der Waals surface area (Å²) in [6, 6.07) is 0. The van der Waals surface area contributed by atoms with Crippen molar-refractivity contribution in [3.8, 4) is 0 Å². The van der Waals surface area contributed by atoms with Crippen LogP contribution in [0.1, 0.15) is 37.6 Å². The lowest BCUT2D eigenvalue weighted by molar-refractivity contribution is 0.310. The molecule has 0 fully saturated rings. The van der Waals surface area contributed by atoms with Crippen molar-refractivity contribution in [1.82, 2.24) is 9.97 Å². The average molecular weight is 262 g/mol. The number of nitrogen functional groups attached to an aromatic ring is 2. The monoisotopic (exact) mass is 262 g/mol. The molecule has 4 nitrogen and oxygen atoms in total. The maximum absolute atomic E-state index is 5.97. The summed E-state index contributed by atoms with van der Waals surface area (Å²) in [6.45, 7) is 6.92. The van der Waals surface area contributed by atoms with E-state index in [9.17, 15) is 0 Å². The molecule has 1 atom stereocenters. The van der Waals surface area contributed by atoms with Gasteiger partial charge in [-0.3, -0.25) is 0 Å². The summed E-state index contributed by atoms with van der Waals surface area (Å²) in [6.07, 6.45) is 2.26. The van der Waals surface area contributed by atoms with Gasteiger partial charge in [-0.15, -0.1) is 11.3 Å². The first kappa shape index (κ1) is 11.7. The fraction of sp³-hybridized carbons (Fsp3) is 0.538. The third-order valence-corrected chi connectivity index (χ3v) is 5.90. The van der Waals surface area contributed by atoms with Gasteiger partial charge in [0.05, 0.1) is 10.2 Å². The number of fused-ring (bicyclic) bond motifs is 3. The highest BCUT2D eigenvalue weighted by Crippen LogP contribution is 2.48. The van der Waals surface area contributed by atoms with E-state index >= 15 is 0 Å². The number of aryl methyl sites for hydroxylation is 1. The zero-order valence-electron chi connectivity index (χ0n) is 10.9. The Balaban J connectivity index is 2.35. The second-order valence-corrected chi connectivity index (χ2v) is 6.74. The second-order valence-electron chi connectivity index (χ2n) is 5.72. The Labute approximate surface area is 110 Å². The molecule has 3 rings (SSSR count). The van der Waals surface area contributed by atoms with Crippen LogP contribution in [-0.2, 0) is 11.8 Å². The number of aromatic nitrogens is 2. The molecule has 4 N–H and O–H groups in total. The van der Waals surface area contributed by atoms with Gasteiger partial charge >= 0.3 is 0 Å². The molecule has 2 aromatic rings. The number of hydrogen-bond donors (Lipinski definition) is 2. The molecule has 0 bridgehead atoms. The number of nitrogens with two attached hydrogens (primary N) is 2. The first-order valence-electron chi connectivity index (χ1n) is 6.26. The predicted octanol–water partition coefficient (Wildman–Crippen LogP) is 2.72. The highest BCUT2D eigenvalue weighted by atomic mass is 32.1. The SMILES string of the molecule is CC1CCc2c(sc3c(N)nc(N)nc23)C1(C)C. The van der Waals surface area contributed by atoms with Crippen molar-refractivity contribution in [2.24, 2.45) is 5.92 Å². The third-order valence-electron chi connectivity index (χ3n) is 4.32. The van der Waals surface area contributed by atoms with E-state index in [4.69, 9.17) is 11.5 Å². The normalized spacial score (nSPS) is 22.1. The van der Waals surface area contributed by atoms with Gasteiger partial charge in [-0.25, -0.2) is 4.98 Å². The van der Waals surface area contributed by atoms with Gasteiger partial charge in [-0.2, -0.15) is 4.98 Å². The first-order chi connectivity index (χ1) is 8.41. The van der Waals surface area contributed by atoms with Crippen LogP contribution in [0.25, 0.3) is 10.2 Å². The summed E-state index contributed by atoms with van der Waals surface area (Å²) < 4.78 is 0.997. The van der Waals surface area contributed by atoms with Crippen LogP contribution in [0.3, 0.4) is 0 Å². The van der Waals surface area contributed by atoms with Gasteiger partial charge in [-0.05, 0) is 24.3 Å². The van der Waals surface area contributed by atoms with Crippen molar-refractivity contribution in [1.29, 1.82) is 0 Å². The topological polar surface area (TPSA) is 77.8 Å². The van der Waals surface area contributed by atoms with Crippen LogP contribution >= 0.6 is 11.3 Å². The molecule has 1 unspecified atom stereocenters. The maximum Gasteiger partial charge on any atom is 0.222 e. The molecule has 0 radical (unpaired) electrons. The second kappa shape index (κ2) is 3.57. The van der Waals surface area contributed by atoms with Gasteiger partial charge in [0.25, 0.3) is 0 Å². The van der Waals surface area contributed by atoms with E-state index in [1.165, 1.54) is 16.9 Å². The lowest BCUT2D eigenvalue weighted by atomic mass is 9.70. The van der Waals surface area contributed by atoms with E-state index < -0.39 is 0 Å². The zero-order valence-corrected chi connectivity index (χ0v) is 11.8. The van der Waals surface area contributed by atoms with Crippen molar-refractivity contribution in [3.63, 3.8) is 0 Å². The van der Waals surface area contributed by atoms with Crippen LogP contribution in [0, 0.1) is 5.92 Å². The Hall–Kier alpha value is -1.36. The molecule has 0 spiro atoms. The number of hydrogen-bond acceptors (Lipinski definition) is 5. The molecular weight excluding hydrogens is 244 g/mol. The average Bonchev–Trinajstić information content (AvgIpc) is 2.64. The van der Waals surface area contributed by atoms with E-state index in [0.717, 1.165) is 16.6 Å². The number of rotatable bonds is 0. The minimum absolute atomic E-state index is 0.181. The largest absolute Gasteiger partial charge is 0.382 e. The zero-order chi connectivity index (χ0) is 13.1. The Kier molecular flexibility index (Phi) is 2.32. The fourth-order valence-corrected chi connectivity index (χ4v) is 4.17. The van der Waals surface area contributed by atoms with Crippen molar-refractivity contribution in [2.45, 2.75) is 39.0 Å². The molecule has 0 aromatic carbocycles. The predicted molar refractivity (Wildman–Crippen MR) is 76.8 cm³/mol. The minimum atomic E-state index is 0.181. The van der Waals surface area contributed by atoms with Gasteiger partial charge in [0.15, 0.2) is 0 Å². The van der Waals surface area contributed by atoms with Gasteiger partial charge in [0.2, 0.25) is 5.95 Å². The fourth-order valence-electron chi connectivity index (χ4n) is 2.76. The molecule has 0 aliphatic heterocycles. The molecule has 18 heavy (non-hydrogen) atoms. The lowest BCUT2D eigenvalue weighted by Gasteiger charge is -2.36. The van der Waals surface area contributed by atoms with Crippen molar-refractivity contribution < 1.29 is 0 Å². The first-order valence-corrected chi connectivity index (χ1v) is 7.07. The number of thiophene rings is 1. The summed E-state index contributed by atoms with van der Waals surface area (Å²) in [7, 11) is 0. The van der Waals surface area contributed by atoms with E-state index in [2.05, 4.69) is 30.7 Å². The van der Waals surface area contributed by atoms with Crippen molar-refractivity contribution in [2.75, 3.05) is 11.5 Å². The smallest absolute Gasteiger partial charge is 0.222 e. The van der Waals surface area contributed by atoms with Crippen LogP contribution in [0.5, 0.6) is 0 Å². The lowest BCUT2D eigenvalue weighted by Crippen LogP contribution is -2.30. The summed E-state index contributed by atoms with van der Waals surface area (Å²) in [5, 5.41) is 0. The Morgan fingerprint density at radius 3 is 2.72 bits per heavy atom. The standard InChI is InChI=1S/C13H18N4S/c1-6-4-5-7-8-9(11(14)17-12(15)16-8)18-10(7)13(6,2)3/h6H,4-5H2,1-3H3,(H4,14,15,16,17). The third kappa shape index (κ3) is 1.43. The molecule has 2 heterocycles. The molecule has 1 aliphatic carbocycles. The van der Waals surface area contributed by atoms with Crippen LogP contribution in [0.15, 0.2) is 0 Å². The van der Waals surface area contributed by atoms with Crippen molar-refractivity contribution >= 4 is 33.3 Å². The Morgan fingerprint density at radius 2 is 2.00 bits per heavy atom. The maximum atomic E-state index is 5.97. The molecule has 0 amide bonds. The van der Waals surface area contributed by atoms with E-state index in [0.29, 0.717) is 11.7 Å². The summed E-state index contributed by atoms with van der Waals surface area (Å²) in [5.74, 6) is 1.46. The molecule has 96 valence electrons. The molecule has 5 heteroatoms. The van der Waals surface area contributed by atoms with Gasteiger partial charge in [0, 0.05) is 10.3 Å². The Morgan fingerprint density at radius 1 is 1.28 bits per heavy atom. The highest BCUT2D eigenvalue weighted by Gasteiger charge is 2.37. The van der Waals surface area contributed by atoms with Crippen LogP contribution in [0.2, 0.25) is 0 Å². The molecule has 0 saturated carbocycles. The van der Waals surface area contributed by atoms with Crippen molar-refractivity contribution in [3.05, 3.63) is 10.4 Å². The number of nitrogens with zero attached hydrogens (tertiary/aromatic N) is 2. The van der Waals surface area contributed by atoms with Gasteiger partial charge in [-0.1, -0.05) is 20.8 Å². The molecule has 2 aromatic heterocycles. The van der Waals surface area contributed by atoms with Gasteiger partial charge < -0.3 is 11.5 Å². The van der Waals surface area contributed by atoms with Gasteiger partial charge in [0.1, 0.15) is 5.82 Å². The van der Waals surface area contributed by atoms with E-state index in [1.807, 2.05) is 0 Å². The number of anilines is 2.